The van der Waals surface area contributed by atoms with Gasteiger partial charge in [-0.15, -0.1) is 0 Å². The fourth-order valence-electron chi connectivity index (χ4n) is 3.69. The Kier molecular flexibility index (Phi) is 6.36. The molecule has 4 rings (SSSR count). The van der Waals surface area contributed by atoms with Crippen LogP contribution in [0.3, 0.4) is 0 Å². The van der Waals surface area contributed by atoms with Gasteiger partial charge in [-0.25, -0.2) is 0 Å². The van der Waals surface area contributed by atoms with Gasteiger partial charge in [-0.05, 0) is 18.2 Å². The van der Waals surface area contributed by atoms with Crippen LogP contribution in [0.15, 0.2) is 33.5 Å². The second kappa shape index (κ2) is 9.13. The second-order valence-corrected chi connectivity index (χ2v) is 7.76. The van der Waals surface area contributed by atoms with E-state index < -0.39 is 71.1 Å². The molecule has 1 aliphatic heterocycles. The minimum Gasteiger partial charge on any atom is -0.504 e. The van der Waals surface area contributed by atoms with Gasteiger partial charge in [0, 0.05) is 11.6 Å². The highest BCUT2D eigenvalue weighted by molar-refractivity contribution is 5.91. The summed E-state index contributed by atoms with van der Waals surface area (Å²) in [5.74, 6) is -4.05. The lowest BCUT2D eigenvalue weighted by Crippen LogP contribution is -2.60. The van der Waals surface area contributed by atoms with Crippen LogP contribution in [0.5, 0.6) is 34.5 Å². The molecule has 1 aliphatic rings. The SMILES string of the molecule is COc1cc(-c2oc3cc(O)c(O)c(O)c3c(=O)c2O[C@H]2O[C@@H](CO)[C@H](O)[C@@H](O)[C@@H]2O)ccc1O. The number of ether oxygens (including phenoxy) is 3. The van der Waals surface area contributed by atoms with Gasteiger partial charge in [-0.3, -0.25) is 4.79 Å². The first-order valence-corrected chi connectivity index (χ1v) is 10.2. The highest BCUT2D eigenvalue weighted by Gasteiger charge is 2.45. The number of aliphatic hydroxyl groups is 4. The number of benzene rings is 2. The molecule has 2 aromatic carbocycles. The van der Waals surface area contributed by atoms with Gasteiger partial charge in [-0.2, -0.15) is 0 Å². The molecule has 1 aromatic heterocycles. The zero-order chi connectivity index (χ0) is 25.6. The largest absolute Gasteiger partial charge is 0.504 e. The number of phenolic OH excluding ortho intramolecular Hbond substituents is 4. The van der Waals surface area contributed by atoms with E-state index in [0.29, 0.717) is 0 Å². The summed E-state index contributed by atoms with van der Waals surface area (Å²) in [5, 5.41) is 79.2. The lowest BCUT2D eigenvalue weighted by Gasteiger charge is -2.39. The Morgan fingerprint density at radius 1 is 0.943 bits per heavy atom. The maximum absolute atomic E-state index is 13.4. The summed E-state index contributed by atoms with van der Waals surface area (Å²) in [7, 11) is 1.28. The molecule has 2 heterocycles. The van der Waals surface area contributed by atoms with Crippen LogP contribution in [-0.2, 0) is 4.74 Å². The summed E-state index contributed by atoms with van der Waals surface area (Å²) in [6.45, 7) is -0.757. The Labute approximate surface area is 195 Å². The highest BCUT2D eigenvalue weighted by atomic mass is 16.7. The van der Waals surface area contributed by atoms with Crippen LogP contribution in [0, 0.1) is 0 Å². The fraction of sp³-hybridized carbons (Fsp3) is 0.318. The van der Waals surface area contributed by atoms with E-state index >= 15 is 0 Å². The molecule has 188 valence electrons. The van der Waals surface area contributed by atoms with Crippen molar-refractivity contribution in [3.05, 3.63) is 34.5 Å². The normalized spacial score (nSPS) is 24.4. The Morgan fingerprint density at radius 2 is 1.66 bits per heavy atom. The van der Waals surface area contributed by atoms with E-state index in [1.807, 2.05) is 0 Å². The van der Waals surface area contributed by atoms with Gasteiger partial charge in [0.2, 0.25) is 23.2 Å². The smallest absolute Gasteiger partial charge is 0.239 e. The minimum absolute atomic E-state index is 0.0135. The van der Waals surface area contributed by atoms with Crippen molar-refractivity contribution in [2.75, 3.05) is 13.7 Å². The van der Waals surface area contributed by atoms with Crippen molar-refractivity contribution in [2.45, 2.75) is 30.7 Å². The van der Waals surface area contributed by atoms with Crippen LogP contribution in [0.1, 0.15) is 0 Å². The van der Waals surface area contributed by atoms with Crippen LogP contribution in [0.4, 0.5) is 0 Å². The van der Waals surface area contributed by atoms with Gasteiger partial charge < -0.3 is 59.5 Å². The molecule has 0 amide bonds. The maximum Gasteiger partial charge on any atom is 0.239 e. The summed E-state index contributed by atoms with van der Waals surface area (Å²) in [4.78, 5) is 13.4. The van der Waals surface area contributed by atoms with Crippen molar-refractivity contribution < 1.29 is 59.5 Å². The fourth-order valence-corrected chi connectivity index (χ4v) is 3.69. The van der Waals surface area contributed by atoms with Gasteiger partial charge in [0.15, 0.2) is 28.8 Å². The Balaban J connectivity index is 1.95. The molecule has 0 spiro atoms. The van der Waals surface area contributed by atoms with Crippen molar-refractivity contribution in [1.29, 1.82) is 0 Å². The third-order valence-electron chi connectivity index (χ3n) is 5.59. The van der Waals surface area contributed by atoms with Crippen LogP contribution in [0.2, 0.25) is 0 Å². The lowest BCUT2D eigenvalue weighted by molar-refractivity contribution is -0.277. The first-order valence-electron chi connectivity index (χ1n) is 10.2. The predicted octanol–water partition coefficient (Wildman–Crippen LogP) is -0.530. The Hall–Kier alpha value is -3.75. The van der Waals surface area contributed by atoms with Gasteiger partial charge >= 0.3 is 0 Å². The standard InChI is InChI=1S/C22H22O13/c1-32-10-4-7(2-3-8(10)24)20-21(35-22-19(31)18(30)15(27)12(6-23)34-22)17(29)13-11(33-20)5-9(25)14(26)16(13)28/h2-5,12,15,18-19,22-28,30-31H,6H2,1H3/t12-,15-,18+,19-,22+/m0/s1. The molecule has 0 aliphatic carbocycles. The number of aromatic hydroxyl groups is 4. The number of hydrogen-bond acceptors (Lipinski definition) is 13. The van der Waals surface area contributed by atoms with Crippen LogP contribution in [0.25, 0.3) is 22.3 Å². The summed E-state index contributed by atoms with van der Waals surface area (Å²) in [6, 6.07) is 4.70. The number of rotatable bonds is 5. The van der Waals surface area contributed by atoms with Gasteiger partial charge in [0.05, 0.1) is 13.7 Å². The van der Waals surface area contributed by atoms with Gasteiger partial charge in [0.25, 0.3) is 0 Å². The average Bonchev–Trinajstić information content (AvgIpc) is 2.84. The van der Waals surface area contributed by atoms with Crippen molar-refractivity contribution in [1.82, 2.24) is 0 Å². The average molecular weight is 494 g/mol. The van der Waals surface area contributed by atoms with E-state index in [1.165, 1.54) is 25.3 Å². The van der Waals surface area contributed by atoms with E-state index in [0.717, 1.165) is 6.07 Å². The quantitative estimate of drug-likeness (QED) is 0.209. The molecule has 35 heavy (non-hydrogen) atoms. The summed E-state index contributed by atoms with van der Waals surface area (Å²) in [6.07, 6.45) is -8.53. The molecule has 1 fully saturated rings. The second-order valence-electron chi connectivity index (χ2n) is 7.76. The van der Waals surface area contributed by atoms with E-state index in [2.05, 4.69) is 0 Å². The predicted molar refractivity (Wildman–Crippen MR) is 116 cm³/mol. The first kappa shape index (κ1) is 24.4. The molecular formula is C22H22O13. The molecule has 5 atom stereocenters. The highest BCUT2D eigenvalue weighted by Crippen LogP contribution is 2.43. The summed E-state index contributed by atoms with van der Waals surface area (Å²) < 4.78 is 21.6. The Bertz CT molecular complexity index is 1320. The maximum atomic E-state index is 13.4. The van der Waals surface area contributed by atoms with Crippen molar-refractivity contribution in [3.8, 4) is 45.8 Å². The Morgan fingerprint density at radius 3 is 2.31 bits per heavy atom. The first-order chi connectivity index (χ1) is 16.6. The molecule has 0 saturated carbocycles. The topological polar surface area (TPSA) is 220 Å². The molecule has 1 saturated heterocycles. The molecule has 13 heteroatoms. The minimum atomic E-state index is -1.88. The van der Waals surface area contributed by atoms with Gasteiger partial charge in [-0.1, -0.05) is 0 Å². The number of fused-ring (bicyclic) bond motifs is 1. The zero-order valence-corrected chi connectivity index (χ0v) is 18.0. The van der Waals surface area contributed by atoms with Crippen LogP contribution >= 0.6 is 0 Å². The van der Waals surface area contributed by atoms with Gasteiger partial charge in [0.1, 0.15) is 35.4 Å². The van der Waals surface area contributed by atoms with E-state index in [9.17, 15) is 45.6 Å². The number of hydrogen-bond donors (Lipinski definition) is 8. The zero-order valence-electron chi connectivity index (χ0n) is 18.0. The van der Waals surface area contributed by atoms with Crippen molar-refractivity contribution >= 4 is 11.0 Å². The summed E-state index contributed by atoms with van der Waals surface area (Å²) in [5.41, 5.74) is -1.32. The lowest BCUT2D eigenvalue weighted by atomic mass is 9.99. The number of aliphatic hydroxyl groups excluding tert-OH is 4. The molecule has 0 radical (unpaired) electrons. The van der Waals surface area contributed by atoms with E-state index in [1.54, 1.807) is 0 Å². The third-order valence-corrected chi connectivity index (χ3v) is 5.59. The third kappa shape index (κ3) is 4.05. The molecule has 3 aromatic rings. The molecule has 8 N–H and O–H groups in total. The van der Waals surface area contributed by atoms with Crippen molar-refractivity contribution in [3.63, 3.8) is 0 Å². The summed E-state index contributed by atoms with van der Waals surface area (Å²) >= 11 is 0. The van der Waals surface area contributed by atoms with Crippen molar-refractivity contribution in [2.24, 2.45) is 0 Å². The number of phenols is 4. The molecular weight excluding hydrogens is 472 g/mol. The monoisotopic (exact) mass is 494 g/mol. The van der Waals surface area contributed by atoms with Crippen LogP contribution in [-0.4, -0.2) is 85.3 Å². The van der Waals surface area contributed by atoms with E-state index in [-0.39, 0.29) is 28.4 Å². The molecule has 0 bridgehead atoms. The molecule has 0 unspecified atom stereocenters. The number of methoxy groups -OCH3 is 1. The van der Waals surface area contributed by atoms with E-state index in [4.69, 9.17) is 18.6 Å². The molecule has 13 nitrogen and oxygen atoms in total. The van der Waals surface area contributed by atoms with Crippen LogP contribution < -0.4 is 14.9 Å².